The van der Waals surface area contributed by atoms with E-state index in [0.717, 1.165) is 12.1 Å². The summed E-state index contributed by atoms with van der Waals surface area (Å²) in [6.45, 7) is 2.43. The van der Waals surface area contributed by atoms with Crippen molar-refractivity contribution < 1.29 is 9.90 Å². The van der Waals surface area contributed by atoms with Crippen molar-refractivity contribution in [2.45, 2.75) is 12.6 Å². The predicted molar refractivity (Wildman–Crippen MR) is 82.5 cm³/mol. The van der Waals surface area contributed by atoms with E-state index in [1.165, 1.54) is 0 Å². The van der Waals surface area contributed by atoms with Gasteiger partial charge in [0.1, 0.15) is 0 Å². The number of aromatic nitrogens is 2. The van der Waals surface area contributed by atoms with Crippen molar-refractivity contribution in [2.75, 3.05) is 19.6 Å². The highest BCUT2D eigenvalue weighted by Gasteiger charge is 2.25. The van der Waals surface area contributed by atoms with Crippen LogP contribution in [0.4, 0.5) is 0 Å². The van der Waals surface area contributed by atoms with Crippen molar-refractivity contribution in [2.24, 2.45) is 5.92 Å². The second-order valence-corrected chi connectivity index (χ2v) is 5.61. The highest BCUT2D eigenvalue weighted by Crippen LogP contribution is 2.08. The molecule has 1 aromatic heterocycles. The van der Waals surface area contributed by atoms with Crippen LogP contribution in [0, 0.1) is 5.92 Å². The van der Waals surface area contributed by atoms with Crippen molar-refractivity contribution in [3.63, 3.8) is 0 Å². The summed E-state index contributed by atoms with van der Waals surface area (Å²) in [6.07, 6.45) is 2.92. The molecular formula is C16H20N4O2. The van der Waals surface area contributed by atoms with Crippen molar-refractivity contribution in [3.05, 3.63) is 53.9 Å². The first-order chi connectivity index (χ1) is 10.7. The Bertz CT molecular complexity index is 626. The molecule has 1 saturated heterocycles. The molecule has 1 aliphatic rings. The number of hydrogen-bond acceptors (Lipinski definition) is 4. The van der Waals surface area contributed by atoms with Crippen LogP contribution >= 0.6 is 0 Å². The highest BCUT2D eigenvalue weighted by molar-refractivity contribution is 5.93. The highest BCUT2D eigenvalue weighted by atomic mass is 16.3. The Kier molecular flexibility index (Phi) is 4.50. The van der Waals surface area contributed by atoms with Crippen LogP contribution in [0.3, 0.4) is 0 Å². The SMILES string of the molecule is O=C(NCC1CNCC1O)c1cnn(Cc2ccccc2)c1. The fourth-order valence-corrected chi connectivity index (χ4v) is 2.59. The molecule has 0 bridgehead atoms. The van der Waals surface area contributed by atoms with E-state index in [1.54, 1.807) is 17.1 Å². The fraction of sp³-hybridized carbons (Fsp3) is 0.375. The zero-order valence-electron chi connectivity index (χ0n) is 12.3. The molecule has 1 fully saturated rings. The van der Waals surface area contributed by atoms with Crippen molar-refractivity contribution in [1.29, 1.82) is 0 Å². The lowest BCUT2D eigenvalue weighted by molar-refractivity contribution is 0.0927. The Labute approximate surface area is 129 Å². The minimum Gasteiger partial charge on any atom is -0.391 e. The van der Waals surface area contributed by atoms with E-state index in [0.29, 0.717) is 25.2 Å². The van der Waals surface area contributed by atoms with Crippen LogP contribution in [0.1, 0.15) is 15.9 Å². The molecule has 2 atom stereocenters. The quantitative estimate of drug-likeness (QED) is 0.739. The molecule has 2 aromatic rings. The van der Waals surface area contributed by atoms with E-state index in [1.807, 2.05) is 30.3 Å². The zero-order chi connectivity index (χ0) is 15.4. The molecule has 3 N–H and O–H groups in total. The molecule has 6 heteroatoms. The molecule has 0 radical (unpaired) electrons. The molecule has 0 saturated carbocycles. The van der Waals surface area contributed by atoms with Gasteiger partial charge in [0.15, 0.2) is 0 Å². The molecule has 0 aliphatic carbocycles. The number of aliphatic hydroxyl groups excluding tert-OH is 1. The Hall–Kier alpha value is -2.18. The van der Waals surface area contributed by atoms with E-state index < -0.39 is 0 Å². The third-order valence-electron chi connectivity index (χ3n) is 3.91. The van der Waals surface area contributed by atoms with Crippen LogP contribution in [0.5, 0.6) is 0 Å². The standard InChI is InChI=1S/C16H20N4O2/c21-15-9-17-6-13(15)7-18-16(22)14-8-19-20(11-14)10-12-4-2-1-3-5-12/h1-5,8,11,13,15,17,21H,6-7,9-10H2,(H,18,22). The summed E-state index contributed by atoms with van der Waals surface area (Å²) in [5.74, 6) is -0.0817. The van der Waals surface area contributed by atoms with Gasteiger partial charge in [0, 0.05) is 31.7 Å². The molecular weight excluding hydrogens is 280 g/mol. The van der Waals surface area contributed by atoms with Crippen LogP contribution in [0.15, 0.2) is 42.7 Å². The smallest absolute Gasteiger partial charge is 0.254 e. The summed E-state index contributed by atoms with van der Waals surface area (Å²) >= 11 is 0. The van der Waals surface area contributed by atoms with Gasteiger partial charge < -0.3 is 15.7 Å². The molecule has 2 heterocycles. The molecule has 6 nitrogen and oxygen atoms in total. The van der Waals surface area contributed by atoms with Crippen LogP contribution in [0.2, 0.25) is 0 Å². The van der Waals surface area contributed by atoms with Crippen LogP contribution < -0.4 is 10.6 Å². The average Bonchev–Trinajstić information content (AvgIpc) is 3.15. The summed E-state index contributed by atoms with van der Waals surface area (Å²) in [5.41, 5.74) is 1.68. The Balaban J connectivity index is 1.55. The van der Waals surface area contributed by atoms with Gasteiger partial charge in [-0.05, 0) is 5.56 Å². The molecule has 116 valence electrons. The van der Waals surface area contributed by atoms with E-state index >= 15 is 0 Å². The molecule has 3 rings (SSSR count). The van der Waals surface area contributed by atoms with Gasteiger partial charge in [-0.25, -0.2) is 0 Å². The number of amides is 1. The van der Waals surface area contributed by atoms with E-state index in [9.17, 15) is 9.90 Å². The molecule has 1 aliphatic heterocycles. The maximum absolute atomic E-state index is 12.1. The predicted octanol–water partition coefficient (Wildman–Crippen LogP) is 0.242. The minimum absolute atomic E-state index is 0.0725. The zero-order valence-corrected chi connectivity index (χ0v) is 12.3. The van der Waals surface area contributed by atoms with Gasteiger partial charge in [-0.2, -0.15) is 5.10 Å². The first-order valence-corrected chi connectivity index (χ1v) is 7.46. The van der Waals surface area contributed by atoms with Gasteiger partial charge in [-0.15, -0.1) is 0 Å². The number of carbonyl (C=O) groups is 1. The van der Waals surface area contributed by atoms with Crippen molar-refractivity contribution >= 4 is 5.91 Å². The number of carbonyl (C=O) groups excluding carboxylic acids is 1. The summed E-state index contributed by atoms with van der Waals surface area (Å²) in [6, 6.07) is 9.98. The van der Waals surface area contributed by atoms with Gasteiger partial charge in [0.05, 0.1) is 24.4 Å². The van der Waals surface area contributed by atoms with Crippen LogP contribution in [-0.4, -0.2) is 46.5 Å². The summed E-state index contributed by atoms with van der Waals surface area (Å²) in [7, 11) is 0. The van der Waals surface area contributed by atoms with Crippen LogP contribution in [-0.2, 0) is 6.54 Å². The van der Waals surface area contributed by atoms with Gasteiger partial charge in [0.2, 0.25) is 0 Å². The molecule has 22 heavy (non-hydrogen) atoms. The molecule has 1 aromatic carbocycles. The maximum atomic E-state index is 12.1. The second kappa shape index (κ2) is 6.72. The van der Waals surface area contributed by atoms with Crippen molar-refractivity contribution in [3.8, 4) is 0 Å². The van der Waals surface area contributed by atoms with E-state index in [-0.39, 0.29) is 17.9 Å². The number of nitrogens with one attached hydrogen (secondary N) is 2. The van der Waals surface area contributed by atoms with Crippen molar-refractivity contribution in [1.82, 2.24) is 20.4 Å². The van der Waals surface area contributed by atoms with Gasteiger partial charge in [0.25, 0.3) is 5.91 Å². The summed E-state index contributed by atoms with van der Waals surface area (Å²) < 4.78 is 1.75. The Morgan fingerprint density at radius 3 is 2.91 bits per heavy atom. The normalized spacial score (nSPS) is 21.0. The van der Waals surface area contributed by atoms with E-state index in [2.05, 4.69) is 15.7 Å². The number of rotatable bonds is 5. The number of hydrogen-bond donors (Lipinski definition) is 3. The van der Waals surface area contributed by atoms with Gasteiger partial charge in [-0.1, -0.05) is 30.3 Å². The summed E-state index contributed by atoms with van der Waals surface area (Å²) in [4.78, 5) is 12.1. The third-order valence-corrected chi connectivity index (χ3v) is 3.91. The number of benzene rings is 1. The summed E-state index contributed by atoms with van der Waals surface area (Å²) in [5, 5.41) is 19.9. The molecule has 0 spiro atoms. The monoisotopic (exact) mass is 300 g/mol. The number of aliphatic hydroxyl groups is 1. The Morgan fingerprint density at radius 1 is 1.36 bits per heavy atom. The minimum atomic E-state index is -0.388. The van der Waals surface area contributed by atoms with Gasteiger partial charge in [-0.3, -0.25) is 9.48 Å². The van der Waals surface area contributed by atoms with Gasteiger partial charge >= 0.3 is 0 Å². The van der Waals surface area contributed by atoms with E-state index in [4.69, 9.17) is 0 Å². The lowest BCUT2D eigenvalue weighted by Crippen LogP contribution is -2.34. The lowest BCUT2D eigenvalue weighted by Gasteiger charge is -2.13. The third kappa shape index (κ3) is 3.52. The number of β-amino-alcohol motifs (C(OH)–C–C–N with tert-alkyl or cyclic N) is 1. The average molecular weight is 300 g/mol. The van der Waals surface area contributed by atoms with Crippen LogP contribution in [0.25, 0.3) is 0 Å². The largest absolute Gasteiger partial charge is 0.391 e. The first kappa shape index (κ1) is 14.7. The molecule has 1 amide bonds. The fourth-order valence-electron chi connectivity index (χ4n) is 2.59. The topological polar surface area (TPSA) is 79.2 Å². The molecule has 2 unspecified atom stereocenters. The lowest BCUT2D eigenvalue weighted by atomic mass is 10.1. The first-order valence-electron chi connectivity index (χ1n) is 7.46. The maximum Gasteiger partial charge on any atom is 0.254 e. The second-order valence-electron chi connectivity index (χ2n) is 5.61. The Morgan fingerprint density at radius 2 is 2.18 bits per heavy atom. The number of nitrogens with zero attached hydrogens (tertiary/aromatic N) is 2.